The lowest BCUT2D eigenvalue weighted by Crippen LogP contribution is -2.09. The van der Waals surface area contributed by atoms with Crippen LogP contribution in [0.3, 0.4) is 0 Å². The van der Waals surface area contributed by atoms with Gasteiger partial charge < -0.3 is 5.32 Å². The molecule has 0 unspecified atom stereocenters. The number of nitrogens with one attached hydrogen (secondary N) is 1. The average Bonchev–Trinajstić information content (AvgIpc) is 2.36. The lowest BCUT2D eigenvalue weighted by atomic mass is 10.1. The largest absolute Gasteiger partial charge is 0.364 e. The zero-order valence-corrected chi connectivity index (χ0v) is 12.7. The topological polar surface area (TPSA) is 81.0 Å². The molecule has 1 aromatic heterocycles. The highest BCUT2D eigenvalue weighted by molar-refractivity contribution is 6.28. The fraction of sp³-hybridized carbons (Fsp3) is 0.692. The molecule has 112 valence electrons. The Morgan fingerprint density at radius 2 is 1.85 bits per heavy atom. The second-order valence-electron chi connectivity index (χ2n) is 4.73. The monoisotopic (exact) mass is 300 g/mol. The van der Waals surface area contributed by atoms with Crippen LogP contribution in [0.2, 0.25) is 5.28 Å². The summed E-state index contributed by atoms with van der Waals surface area (Å²) in [6.45, 7) is 4.39. The van der Waals surface area contributed by atoms with E-state index in [9.17, 15) is 10.1 Å². The molecule has 0 aliphatic heterocycles. The number of unbranched alkanes of at least 4 members (excludes halogenated alkanes) is 5. The molecule has 0 aliphatic rings. The Morgan fingerprint density at radius 3 is 2.50 bits per heavy atom. The van der Waals surface area contributed by atoms with E-state index in [0.717, 1.165) is 12.8 Å². The summed E-state index contributed by atoms with van der Waals surface area (Å²) in [4.78, 5) is 18.2. The van der Waals surface area contributed by atoms with Gasteiger partial charge in [0.2, 0.25) is 11.1 Å². The highest BCUT2D eigenvalue weighted by atomic mass is 35.5. The molecule has 0 aliphatic carbocycles. The van der Waals surface area contributed by atoms with Crippen molar-refractivity contribution in [3.63, 3.8) is 0 Å². The molecular formula is C13H21ClN4O2. The van der Waals surface area contributed by atoms with Gasteiger partial charge in [0.25, 0.3) is 0 Å². The number of hydrogen-bond acceptors (Lipinski definition) is 5. The molecule has 20 heavy (non-hydrogen) atoms. The van der Waals surface area contributed by atoms with Crippen LogP contribution in [0.15, 0.2) is 0 Å². The molecule has 0 bridgehead atoms. The summed E-state index contributed by atoms with van der Waals surface area (Å²) >= 11 is 5.74. The highest BCUT2D eigenvalue weighted by Crippen LogP contribution is 2.26. The summed E-state index contributed by atoms with van der Waals surface area (Å²) in [6, 6.07) is 0. The summed E-state index contributed by atoms with van der Waals surface area (Å²) in [5.74, 6) is 0.209. The van der Waals surface area contributed by atoms with Crippen LogP contribution in [0.5, 0.6) is 0 Å². The van der Waals surface area contributed by atoms with Crippen LogP contribution >= 0.6 is 11.6 Å². The van der Waals surface area contributed by atoms with Crippen LogP contribution in [-0.2, 0) is 0 Å². The van der Waals surface area contributed by atoms with E-state index in [1.165, 1.54) is 25.7 Å². The van der Waals surface area contributed by atoms with Gasteiger partial charge in [0.05, 0.1) is 4.92 Å². The lowest BCUT2D eigenvalue weighted by Gasteiger charge is -2.07. The molecule has 0 fully saturated rings. The Kier molecular flexibility index (Phi) is 7.22. The van der Waals surface area contributed by atoms with Crippen LogP contribution in [-0.4, -0.2) is 21.4 Å². The predicted molar refractivity (Wildman–Crippen MR) is 80.3 cm³/mol. The third kappa shape index (κ3) is 5.28. The maximum Gasteiger partial charge on any atom is 0.332 e. The average molecular weight is 301 g/mol. The summed E-state index contributed by atoms with van der Waals surface area (Å²) in [6.07, 6.45) is 7.00. The van der Waals surface area contributed by atoms with Crippen molar-refractivity contribution in [1.29, 1.82) is 0 Å². The van der Waals surface area contributed by atoms with Gasteiger partial charge in [-0.2, -0.15) is 4.98 Å². The molecule has 0 saturated heterocycles. The van der Waals surface area contributed by atoms with E-state index < -0.39 is 4.92 Å². The molecule has 1 aromatic rings. The van der Waals surface area contributed by atoms with Crippen molar-refractivity contribution in [2.24, 2.45) is 0 Å². The Labute approximate surface area is 124 Å². The van der Waals surface area contributed by atoms with Crippen LogP contribution in [0, 0.1) is 17.0 Å². The van der Waals surface area contributed by atoms with Crippen molar-refractivity contribution in [2.75, 3.05) is 11.9 Å². The molecular weight excluding hydrogens is 280 g/mol. The quantitative estimate of drug-likeness (QED) is 0.321. The van der Waals surface area contributed by atoms with Gasteiger partial charge in [-0.05, 0) is 24.9 Å². The summed E-state index contributed by atoms with van der Waals surface area (Å²) in [5, 5.41) is 14.0. The van der Waals surface area contributed by atoms with Crippen LogP contribution < -0.4 is 5.32 Å². The number of halogens is 1. The minimum Gasteiger partial charge on any atom is -0.364 e. The van der Waals surface area contributed by atoms with Crippen LogP contribution in [0.25, 0.3) is 0 Å². The minimum absolute atomic E-state index is 0.0264. The first kappa shape index (κ1) is 16.6. The van der Waals surface area contributed by atoms with E-state index in [-0.39, 0.29) is 22.5 Å². The van der Waals surface area contributed by atoms with Gasteiger partial charge >= 0.3 is 5.69 Å². The molecule has 6 nitrogen and oxygen atoms in total. The van der Waals surface area contributed by atoms with Crippen molar-refractivity contribution in [3.8, 4) is 0 Å². The van der Waals surface area contributed by atoms with Crippen molar-refractivity contribution < 1.29 is 4.92 Å². The van der Waals surface area contributed by atoms with Crippen LogP contribution in [0.1, 0.15) is 51.1 Å². The highest BCUT2D eigenvalue weighted by Gasteiger charge is 2.21. The Balaban J connectivity index is 2.49. The number of aromatic nitrogens is 2. The molecule has 0 aromatic carbocycles. The molecule has 1 N–H and O–H groups in total. The lowest BCUT2D eigenvalue weighted by molar-refractivity contribution is -0.385. The first-order chi connectivity index (χ1) is 9.56. The van der Waals surface area contributed by atoms with Gasteiger partial charge in [-0.1, -0.05) is 39.0 Å². The van der Waals surface area contributed by atoms with Crippen molar-refractivity contribution >= 4 is 23.1 Å². The number of nitro groups is 1. The van der Waals surface area contributed by atoms with Crippen molar-refractivity contribution in [3.05, 3.63) is 21.1 Å². The molecule has 0 radical (unpaired) electrons. The molecule has 0 amide bonds. The van der Waals surface area contributed by atoms with E-state index in [1.54, 1.807) is 6.92 Å². The van der Waals surface area contributed by atoms with Gasteiger partial charge in [-0.15, -0.1) is 0 Å². The zero-order chi connectivity index (χ0) is 15.0. The third-order valence-corrected chi connectivity index (χ3v) is 3.21. The summed E-state index contributed by atoms with van der Waals surface area (Å²) in [7, 11) is 0. The third-order valence-electron chi connectivity index (χ3n) is 3.04. The Hall–Kier alpha value is -1.43. The smallest absolute Gasteiger partial charge is 0.332 e. The van der Waals surface area contributed by atoms with Gasteiger partial charge in [-0.25, -0.2) is 4.98 Å². The van der Waals surface area contributed by atoms with Gasteiger partial charge in [0.15, 0.2) is 0 Å². The minimum atomic E-state index is -0.477. The first-order valence-corrected chi connectivity index (χ1v) is 7.36. The molecule has 0 atom stereocenters. The Morgan fingerprint density at radius 1 is 1.20 bits per heavy atom. The standard InChI is InChI=1S/C13H21ClN4O2/c1-3-4-5-6-7-8-9-15-12-11(18(19)20)10(2)16-13(14)17-12/h3-9H2,1-2H3,(H,15,16,17). The van der Waals surface area contributed by atoms with E-state index >= 15 is 0 Å². The zero-order valence-electron chi connectivity index (χ0n) is 12.0. The maximum atomic E-state index is 11.0. The van der Waals surface area contributed by atoms with Crippen molar-refractivity contribution in [1.82, 2.24) is 9.97 Å². The second-order valence-corrected chi connectivity index (χ2v) is 5.06. The number of rotatable bonds is 9. The Bertz CT molecular complexity index is 454. The fourth-order valence-electron chi connectivity index (χ4n) is 1.99. The molecule has 0 saturated carbocycles. The second kappa shape index (κ2) is 8.68. The van der Waals surface area contributed by atoms with Crippen molar-refractivity contribution in [2.45, 2.75) is 52.4 Å². The van der Waals surface area contributed by atoms with Crippen LogP contribution in [0.4, 0.5) is 11.5 Å². The number of anilines is 1. The number of aryl methyl sites for hydroxylation is 1. The number of hydrogen-bond donors (Lipinski definition) is 1. The normalized spacial score (nSPS) is 10.6. The maximum absolute atomic E-state index is 11.0. The summed E-state index contributed by atoms with van der Waals surface area (Å²) in [5.41, 5.74) is 0.181. The van der Waals surface area contributed by atoms with Gasteiger partial charge in [-0.3, -0.25) is 10.1 Å². The molecule has 7 heteroatoms. The predicted octanol–water partition coefficient (Wildman–Crippen LogP) is 4.12. The molecule has 0 spiro atoms. The SMILES string of the molecule is CCCCCCCCNc1nc(Cl)nc(C)c1[N+](=O)[O-]. The first-order valence-electron chi connectivity index (χ1n) is 6.98. The van der Waals surface area contributed by atoms with E-state index in [0.29, 0.717) is 6.54 Å². The van der Waals surface area contributed by atoms with E-state index in [4.69, 9.17) is 11.6 Å². The number of nitrogens with zero attached hydrogens (tertiary/aromatic N) is 3. The van der Waals surface area contributed by atoms with E-state index in [1.807, 2.05) is 0 Å². The molecule has 1 heterocycles. The molecule has 1 rings (SSSR count). The van der Waals surface area contributed by atoms with Gasteiger partial charge in [0.1, 0.15) is 5.69 Å². The van der Waals surface area contributed by atoms with Gasteiger partial charge in [0, 0.05) is 6.54 Å². The fourth-order valence-corrected chi connectivity index (χ4v) is 2.20. The van der Waals surface area contributed by atoms with E-state index in [2.05, 4.69) is 22.2 Å². The summed E-state index contributed by atoms with van der Waals surface area (Å²) < 4.78 is 0.